The number of rotatable bonds is 3. The van der Waals surface area contributed by atoms with Crippen LogP contribution < -0.4 is 5.32 Å². The molecule has 92 valence electrons. The highest BCUT2D eigenvalue weighted by molar-refractivity contribution is 6.00. The van der Waals surface area contributed by atoms with Crippen molar-refractivity contribution < 1.29 is 4.74 Å². The number of aliphatic imine (C=N–C) groups is 1. The minimum Gasteiger partial charge on any atom is -0.350 e. The Morgan fingerprint density at radius 3 is 2.75 bits per heavy atom. The van der Waals surface area contributed by atoms with E-state index in [0.29, 0.717) is 6.73 Å². The van der Waals surface area contributed by atoms with E-state index in [2.05, 4.69) is 42.3 Å². The Labute approximate surface area is 98.4 Å². The van der Waals surface area contributed by atoms with E-state index >= 15 is 0 Å². The number of amidine groups is 1. The molecule has 0 amide bonds. The Morgan fingerprint density at radius 1 is 1.56 bits per heavy atom. The van der Waals surface area contributed by atoms with Gasteiger partial charge in [-0.2, -0.15) is 0 Å². The minimum atomic E-state index is -0.223. The summed E-state index contributed by atoms with van der Waals surface area (Å²) in [5.41, 5.74) is 0.933. The largest absolute Gasteiger partial charge is 0.350 e. The van der Waals surface area contributed by atoms with Gasteiger partial charge in [-0.1, -0.05) is 6.08 Å². The van der Waals surface area contributed by atoms with E-state index in [4.69, 9.17) is 4.74 Å². The molecule has 0 aliphatic carbocycles. The fourth-order valence-electron chi connectivity index (χ4n) is 1.97. The van der Waals surface area contributed by atoms with Crippen molar-refractivity contribution in [2.45, 2.75) is 25.9 Å². The molecular weight excluding hydrogens is 202 g/mol. The van der Waals surface area contributed by atoms with Crippen molar-refractivity contribution in [1.82, 2.24) is 10.2 Å². The van der Waals surface area contributed by atoms with E-state index in [0.717, 1.165) is 24.4 Å². The van der Waals surface area contributed by atoms with Crippen LogP contribution in [0, 0.1) is 0 Å². The zero-order valence-electron chi connectivity index (χ0n) is 11.0. The Hall–Kier alpha value is -0.870. The van der Waals surface area contributed by atoms with Crippen LogP contribution in [-0.4, -0.2) is 50.8 Å². The highest BCUT2D eigenvalue weighted by Gasteiger charge is 2.35. The average Bonchev–Trinajstić information content (AvgIpc) is 2.26. The molecule has 16 heavy (non-hydrogen) atoms. The molecule has 0 saturated carbocycles. The van der Waals surface area contributed by atoms with Gasteiger partial charge in [0, 0.05) is 19.2 Å². The standard InChI is InChI=1S/C12H23N3O/c1-6-10-11(13-3)14-9-16-12(10,2)7-8-15(4)5/h6H,7-9H2,1-5H3,(H,13,14)/b10-6+. The molecule has 4 heteroatoms. The van der Waals surface area contributed by atoms with Gasteiger partial charge < -0.3 is 15.0 Å². The molecule has 0 spiro atoms. The molecule has 0 bridgehead atoms. The summed E-state index contributed by atoms with van der Waals surface area (Å²) in [5.74, 6) is 0.954. The number of allylic oxidation sites excluding steroid dienone is 1. The fourth-order valence-corrected chi connectivity index (χ4v) is 1.97. The summed E-state index contributed by atoms with van der Waals surface area (Å²) < 4.78 is 5.86. The van der Waals surface area contributed by atoms with E-state index in [1.807, 2.05) is 14.0 Å². The lowest BCUT2D eigenvalue weighted by molar-refractivity contribution is -0.0225. The zero-order valence-corrected chi connectivity index (χ0v) is 11.0. The summed E-state index contributed by atoms with van der Waals surface area (Å²) in [7, 11) is 5.96. The maximum atomic E-state index is 5.86. The molecule has 1 saturated heterocycles. The third-order valence-electron chi connectivity index (χ3n) is 3.00. The Balaban J connectivity index is 2.83. The first-order chi connectivity index (χ1) is 7.53. The van der Waals surface area contributed by atoms with Crippen LogP contribution in [0.25, 0.3) is 0 Å². The van der Waals surface area contributed by atoms with E-state index in [-0.39, 0.29) is 5.60 Å². The van der Waals surface area contributed by atoms with Gasteiger partial charge in [0.15, 0.2) is 0 Å². The second-order valence-corrected chi connectivity index (χ2v) is 4.52. The van der Waals surface area contributed by atoms with Crippen LogP contribution >= 0.6 is 0 Å². The first-order valence-corrected chi connectivity index (χ1v) is 5.70. The normalized spacial score (nSPS) is 31.1. The highest BCUT2D eigenvalue weighted by Crippen LogP contribution is 2.28. The molecule has 0 radical (unpaired) electrons. The van der Waals surface area contributed by atoms with E-state index in [1.54, 1.807) is 0 Å². The van der Waals surface area contributed by atoms with Crippen LogP contribution in [0.15, 0.2) is 16.6 Å². The monoisotopic (exact) mass is 225 g/mol. The van der Waals surface area contributed by atoms with Crippen molar-refractivity contribution >= 4 is 5.84 Å². The lowest BCUT2D eigenvalue weighted by Crippen LogP contribution is -2.49. The third-order valence-corrected chi connectivity index (χ3v) is 3.00. The lowest BCUT2D eigenvalue weighted by atomic mass is 9.89. The van der Waals surface area contributed by atoms with E-state index in [9.17, 15) is 0 Å². The maximum absolute atomic E-state index is 5.86. The first-order valence-electron chi connectivity index (χ1n) is 5.70. The summed E-state index contributed by atoms with van der Waals surface area (Å²) in [5, 5.41) is 3.16. The van der Waals surface area contributed by atoms with Crippen molar-refractivity contribution in [1.29, 1.82) is 0 Å². The smallest absolute Gasteiger partial charge is 0.128 e. The van der Waals surface area contributed by atoms with Gasteiger partial charge in [0.05, 0.1) is 5.60 Å². The van der Waals surface area contributed by atoms with Crippen LogP contribution in [0.5, 0.6) is 0 Å². The van der Waals surface area contributed by atoms with Gasteiger partial charge in [-0.3, -0.25) is 4.99 Å². The van der Waals surface area contributed by atoms with Crippen molar-refractivity contribution in [2.24, 2.45) is 4.99 Å². The van der Waals surface area contributed by atoms with Crippen molar-refractivity contribution in [3.05, 3.63) is 11.6 Å². The molecular formula is C12H23N3O. The van der Waals surface area contributed by atoms with Crippen molar-refractivity contribution in [3.63, 3.8) is 0 Å². The summed E-state index contributed by atoms with van der Waals surface area (Å²) in [6.45, 7) is 5.71. The first kappa shape index (κ1) is 13.2. The summed E-state index contributed by atoms with van der Waals surface area (Å²) in [6, 6.07) is 0. The zero-order chi connectivity index (χ0) is 12.2. The molecule has 0 aromatic heterocycles. The second-order valence-electron chi connectivity index (χ2n) is 4.52. The lowest BCUT2D eigenvalue weighted by Gasteiger charge is -2.38. The van der Waals surface area contributed by atoms with Gasteiger partial charge in [-0.15, -0.1) is 0 Å². The molecule has 1 unspecified atom stereocenters. The minimum absolute atomic E-state index is 0.223. The summed E-state index contributed by atoms with van der Waals surface area (Å²) >= 11 is 0. The molecule has 1 rings (SSSR count). The van der Waals surface area contributed by atoms with E-state index < -0.39 is 0 Å². The van der Waals surface area contributed by atoms with Crippen molar-refractivity contribution in [3.8, 4) is 0 Å². The van der Waals surface area contributed by atoms with E-state index in [1.165, 1.54) is 0 Å². The molecule has 1 atom stereocenters. The Bertz CT molecular complexity index is 297. The Kier molecular flexibility index (Phi) is 4.50. The van der Waals surface area contributed by atoms with Crippen LogP contribution in [0.4, 0.5) is 0 Å². The van der Waals surface area contributed by atoms with Gasteiger partial charge in [-0.25, -0.2) is 0 Å². The number of hydrogen-bond acceptors (Lipinski definition) is 3. The fraction of sp³-hybridized carbons (Fsp3) is 0.750. The van der Waals surface area contributed by atoms with Gasteiger partial charge >= 0.3 is 0 Å². The molecule has 1 aliphatic heterocycles. The number of ether oxygens (including phenoxy) is 1. The van der Waals surface area contributed by atoms with Gasteiger partial charge in [-0.05, 0) is 34.4 Å². The molecule has 1 fully saturated rings. The van der Waals surface area contributed by atoms with Gasteiger partial charge in [0.1, 0.15) is 12.6 Å². The number of hydrogen-bond donors (Lipinski definition) is 1. The van der Waals surface area contributed by atoms with Crippen molar-refractivity contribution in [2.75, 3.05) is 34.4 Å². The molecule has 0 aromatic carbocycles. The highest BCUT2D eigenvalue weighted by atomic mass is 16.5. The van der Waals surface area contributed by atoms with Crippen LogP contribution in [-0.2, 0) is 4.74 Å². The van der Waals surface area contributed by atoms with Gasteiger partial charge in [0.25, 0.3) is 0 Å². The van der Waals surface area contributed by atoms with Crippen LogP contribution in [0.1, 0.15) is 20.3 Å². The number of nitrogens with zero attached hydrogens (tertiary/aromatic N) is 2. The topological polar surface area (TPSA) is 36.9 Å². The molecule has 4 nitrogen and oxygen atoms in total. The third kappa shape index (κ3) is 2.83. The quantitative estimate of drug-likeness (QED) is 0.785. The predicted molar refractivity (Wildman–Crippen MR) is 67.8 cm³/mol. The average molecular weight is 225 g/mol. The molecule has 1 N–H and O–H groups in total. The SMILES string of the molecule is C/C=C1\C(=NC)NCOC1(C)CCN(C)C. The number of nitrogens with one attached hydrogen (secondary N) is 1. The molecule has 1 aliphatic rings. The van der Waals surface area contributed by atoms with Crippen LogP contribution in [0.2, 0.25) is 0 Å². The summed E-state index contributed by atoms with van der Waals surface area (Å²) in [4.78, 5) is 6.44. The maximum Gasteiger partial charge on any atom is 0.128 e. The second kappa shape index (κ2) is 5.46. The predicted octanol–water partition coefficient (Wildman–Crippen LogP) is 1.25. The Morgan fingerprint density at radius 2 is 2.25 bits per heavy atom. The summed E-state index contributed by atoms with van der Waals surface area (Å²) in [6.07, 6.45) is 3.06. The van der Waals surface area contributed by atoms with Gasteiger partial charge in [0.2, 0.25) is 0 Å². The van der Waals surface area contributed by atoms with Crippen LogP contribution in [0.3, 0.4) is 0 Å². The molecule has 1 heterocycles. The molecule has 0 aromatic rings.